The molecule has 0 aliphatic heterocycles. The average molecular weight is 575 g/mol. The van der Waals surface area contributed by atoms with Crippen molar-refractivity contribution in [3.05, 3.63) is 62.5 Å². The Labute approximate surface area is 236 Å². The fraction of sp³-hybridized carbons (Fsp3) is 0.357. The molecule has 0 aliphatic carbocycles. The zero-order valence-electron chi connectivity index (χ0n) is 22.6. The molecule has 11 heteroatoms. The molecule has 0 radical (unpaired) electrons. The predicted molar refractivity (Wildman–Crippen MR) is 151 cm³/mol. The Morgan fingerprint density at radius 1 is 1.08 bits per heavy atom. The Hall–Kier alpha value is -3.40. The Balaban J connectivity index is 0.000000983. The van der Waals surface area contributed by atoms with E-state index in [0.29, 0.717) is 16.1 Å². The van der Waals surface area contributed by atoms with Crippen LogP contribution in [-0.2, 0) is 27.4 Å². The molecule has 208 valence electrons. The number of hydrogen-bond acceptors (Lipinski definition) is 6. The molecule has 3 N–H and O–H groups in total. The van der Waals surface area contributed by atoms with Crippen molar-refractivity contribution in [1.29, 1.82) is 0 Å². The first kappa shape index (κ1) is 30.1. The van der Waals surface area contributed by atoms with Gasteiger partial charge in [-0.25, -0.2) is 4.98 Å². The van der Waals surface area contributed by atoms with Gasteiger partial charge in [-0.1, -0.05) is 41.4 Å². The third-order valence-corrected chi connectivity index (χ3v) is 6.52. The van der Waals surface area contributed by atoms with Crippen LogP contribution in [0.1, 0.15) is 39.8 Å². The fourth-order valence-corrected chi connectivity index (χ4v) is 4.66. The molecular formula is C28H32Cl2N4O5. The summed E-state index contributed by atoms with van der Waals surface area (Å²) in [5.74, 6) is -1.61. The van der Waals surface area contributed by atoms with E-state index in [-0.39, 0.29) is 17.3 Å². The third-order valence-electron chi connectivity index (χ3n) is 5.79. The minimum atomic E-state index is -1.08. The van der Waals surface area contributed by atoms with E-state index in [1.165, 1.54) is 4.57 Å². The first-order valence-corrected chi connectivity index (χ1v) is 13.2. The van der Waals surface area contributed by atoms with E-state index in [2.05, 4.69) is 10.3 Å². The molecule has 0 atom stereocenters. The lowest BCUT2D eigenvalue weighted by Crippen LogP contribution is -2.50. The van der Waals surface area contributed by atoms with Crippen LogP contribution in [0.5, 0.6) is 0 Å². The molecular weight excluding hydrogens is 543 g/mol. The summed E-state index contributed by atoms with van der Waals surface area (Å²) in [6, 6.07) is 11.1. The van der Waals surface area contributed by atoms with E-state index in [1.807, 2.05) is 31.2 Å². The van der Waals surface area contributed by atoms with Crippen LogP contribution in [0.4, 0.5) is 0 Å². The van der Waals surface area contributed by atoms with Gasteiger partial charge in [0.25, 0.3) is 5.56 Å². The Morgan fingerprint density at radius 3 is 2.31 bits per heavy atom. The number of esters is 1. The smallest absolute Gasteiger partial charge is 0.326 e. The second-order valence-electron chi connectivity index (χ2n) is 10.0. The molecule has 2 aromatic carbocycles. The van der Waals surface area contributed by atoms with E-state index in [4.69, 9.17) is 42.8 Å². The number of para-hydroxylation sites is 1. The van der Waals surface area contributed by atoms with Gasteiger partial charge in [0.2, 0.25) is 0 Å². The summed E-state index contributed by atoms with van der Waals surface area (Å²) in [5.41, 5.74) is 6.68. The molecule has 0 saturated carbocycles. The van der Waals surface area contributed by atoms with E-state index in [1.54, 1.807) is 32.9 Å². The normalized spacial score (nSPS) is 11.4. The molecule has 0 unspecified atom stereocenters. The summed E-state index contributed by atoms with van der Waals surface area (Å²) in [7, 11) is 0. The number of aliphatic carboxylic acids is 1. The number of benzene rings is 2. The summed E-state index contributed by atoms with van der Waals surface area (Å²) in [6.45, 7) is 9.60. The van der Waals surface area contributed by atoms with Crippen LogP contribution in [0.2, 0.25) is 10.0 Å². The largest absolute Gasteiger partial charge is 0.550 e. The average Bonchev–Trinajstić information content (AvgIpc) is 3.10. The van der Waals surface area contributed by atoms with Crippen LogP contribution in [0.15, 0.2) is 41.2 Å². The number of quaternary nitrogens is 1. The molecule has 0 bridgehead atoms. The summed E-state index contributed by atoms with van der Waals surface area (Å²) >= 11 is 12.6. The number of nitrogens with zero attached hydrogens (tertiary/aromatic N) is 3. The van der Waals surface area contributed by atoms with Crippen LogP contribution in [-0.4, -0.2) is 38.2 Å². The Morgan fingerprint density at radius 2 is 1.69 bits per heavy atom. The lowest BCUT2D eigenvalue weighted by Gasteiger charge is -2.20. The highest BCUT2D eigenvalue weighted by Crippen LogP contribution is 2.34. The molecule has 0 saturated heterocycles. The highest BCUT2D eigenvalue weighted by Gasteiger charge is 2.24. The first-order valence-electron chi connectivity index (χ1n) is 12.4. The monoisotopic (exact) mass is 574 g/mol. The second-order valence-corrected chi connectivity index (χ2v) is 10.8. The van der Waals surface area contributed by atoms with Crippen LogP contribution in [0.25, 0.3) is 33.2 Å². The zero-order valence-corrected chi connectivity index (χ0v) is 24.2. The molecule has 9 nitrogen and oxygen atoms in total. The van der Waals surface area contributed by atoms with Crippen molar-refractivity contribution < 1.29 is 25.2 Å². The van der Waals surface area contributed by atoms with Gasteiger partial charge in [0.1, 0.15) is 17.8 Å². The zero-order chi connectivity index (χ0) is 29.1. The Kier molecular flexibility index (Phi) is 9.43. The number of carboxylic acid groups (broad SMARTS) is 1. The molecule has 4 rings (SSSR count). The van der Waals surface area contributed by atoms with Crippen molar-refractivity contribution in [2.75, 3.05) is 6.54 Å². The van der Waals surface area contributed by atoms with Crippen molar-refractivity contribution in [3.63, 3.8) is 0 Å². The number of aryl methyl sites for hydroxylation is 1. The third kappa shape index (κ3) is 6.98. The molecule has 2 heterocycles. The molecule has 0 amide bonds. The van der Waals surface area contributed by atoms with Gasteiger partial charge in [0.15, 0.2) is 0 Å². The fourth-order valence-electron chi connectivity index (χ4n) is 4.35. The van der Waals surface area contributed by atoms with Crippen LogP contribution in [0, 0.1) is 6.92 Å². The van der Waals surface area contributed by atoms with Gasteiger partial charge in [-0.3, -0.25) is 14.2 Å². The van der Waals surface area contributed by atoms with Crippen molar-refractivity contribution >= 4 is 57.1 Å². The first-order chi connectivity index (χ1) is 18.2. The van der Waals surface area contributed by atoms with Crippen molar-refractivity contribution in [3.8, 4) is 11.3 Å². The number of aromatic nitrogens is 3. The number of rotatable bonds is 6. The van der Waals surface area contributed by atoms with Crippen molar-refractivity contribution in [1.82, 2.24) is 14.1 Å². The Bertz CT molecular complexity index is 1600. The van der Waals surface area contributed by atoms with Gasteiger partial charge in [0.05, 0.1) is 27.6 Å². The maximum atomic E-state index is 13.9. The van der Waals surface area contributed by atoms with Gasteiger partial charge >= 0.3 is 5.97 Å². The van der Waals surface area contributed by atoms with E-state index in [9.17, 15) is 9.59 Å². The quantitative estimate of drug-likeness (QED) is 0.351. The lowest BCUT2D eigenvalue weighted by molar-refractivity contribution is -0.368. The standard InChI is InChI=1S/C26H28Cl2N4O3.C2H4O2/c1-15-23(16-8-5-6-9-20(16)31(15)11-7-10-29)24-25(34)32(14-22(33)35-26(2,3)4)21-13-18(28)17(27)12-19(21)30-24;1-2(3)4/h5-6,8-9,12-13H,7,10-11,14,29H2,1-4H3;1H3,(H,3,4). The van der Waals surface area contributed by atoms with Gasteiger partial charge in [-0.05, 0) is 52.8 Å². The molecule has 2 aromatic heterocycles. The van der Waals surface area contributed by atoms with Gasteiger partial charge in [-0.15, -0.1) is 0 Å². The van der Waals surface area contributed by atoms with E-state index in [0.717, 1.165) is 48.6 Å². The summed E-state index contributed by atoms with van der Waals surface area (Å²) < 4.78 is 9.06. The SMILES string of the molecule is CC(=O)[O-].Cc1c(-c2nc3cc(Cl)c(Cl)cc3n(CC(=O)OC(C)(C)C)c2=O)c2ccccc2n1CCC[NH3+]. The van der Waals surface area contributed by atoms with Crippen molar-refractivity contribution in [2.45, 2.75) is 59.7 Å². The topological polar surface area (TPSA) is 134 Å². The number of carbonyl (C=O) groups excluding carboxylic acids is 2. The van der Waals surface area contributed by atoms with Gasteiger partial charge < -0.3 is 24.9 Å². The number of ether oxygens (including phenoxy) is 1. The highest BCUT2D eigenvalue weighted by atomic mass is 35.5. The number of carboxylic acids is 1. The van der Waals surface area contributed by atoms with Gasteiger partial charge in [-0.2, -0.15) is 0 Å². The molecule has 4 aromatic rings. The minimum Gasteiger partial charge on any atom is -0.550 e. The number of fused-ring (bicyclic) bond motifs is 2. The maximum absolute atomic E-state index is 13.9. The highest BCUT2D eigenvalue weighted by molar-refractivity contribution is 6.42. The molecule has 39 heavy (non-hydrogen) atoms. The second kappa shape index (κ2) is 12.2. The number of hydrogen-bond donors (Lipinski definition) is 1. The number of halogens is 2. The lowest BCUT2D eigenvalue weighted by atomic mass is 10.1. The van der Waals surface area contributed by atoms with E-state index >= 15 is 0 Å². The van der Waals surface area contributed by atoms with Crippen LogP contribution in [0.3, 0.4) is 0 Å². The minimum absolute atomic E-state index is 0.251. The summed E-state index contributed by atoms with van der Waals surface area (Å²) in [6.07, 6.45) is 0.904. The summed E-state index contributed by atoms with van der Waals surface area (Å²) in [5, 5.41) is 10.4. The predicted octanol–water partition coefficient (Wildman–Crippen LogP) is 3.36. The molecule has 0 fully saturated rings. The van der Waals surface area contributed by atoms with Crippen molar-refractivity contribution in [2.24, 2.45) is 0 Å². The number of carbonyl (C=O) groups is 2. The van der Waals surface area contributed by atoms with Gasteiger partial charge in [0, 0.05) is 41.1 Å². The van der Waals surface area contributed by atoms with E-state index < -0.39 is 23.1 Å². The van der Waals surface area contributed by atoms with Crippen LogP contribution < -0.4 is 16.4 Å². The summed E-state index contributed by atoms with van der Waals surface area (Å²) in [4.78, 5) is 40.3. The molecule has 0 aliphatic rings. The van der Waals surface area contributed by atoms with Crippen LogP contribution >= 0.6 is 23.2 Å². The maximum Gasteiger partial charge on any atom is 0.326 e. The molecule has 0 spiro atoms.